The molecule has 2 atom stereocenters. The lowest BCUT2D eigenvalue weighted by atomic mass is 9.95. The van der Waals surface area contributed by atoms with Crippen LogP contribution >= 0.6 is 0 Å². The fraction of sp³-hybridized carbons (Fsp3) is 0.333. The van der Waals surface area contributed by atoms with Crippen LogP contribution in [0.5, 0.6) is 0 Å². The molecule has 1 saturated heterocycles. The Morgan fingerprint density at radius 3 is 3.00 bits per heavy atom. The number of allylic oxidation sites excluding steroid dienone is 1. The highest BCUT2D eigenvalue weighted by Gasteiger charge is 2.31. The number of amides is 1. The summed E-state index contributed by atoms with van der Waals surface area (Å²) in [5, 5.41) is 14.7. The van der Waals surface area contributed by atoms with Crippen LogP contribution in [0, 0.1) is 12.8 Å². The van der Waals surface area contributed by atoms with Crippen LogP contribution in [0.3, 0.4) is 0 Å². The molecule has 1 amide bonds. The largest absolute Gasteiger partial charge is 0.409 e. The molecule has 1 aliphatic rings. The minimum absolute atomic E-state index is 0.00144. The lowest BCUT2D eigenvalue weighted by Crippen LogP contribution is -2.21. The van der Waals surface area contributed by atoms with E-state index in [9.17, 15) is 4.79 Å². The van der Waals surface area contributed by atoms with Crippen molar-refractivity contribution in [3.8, 4) is 0 Å². The number of aryl methyl sites for hydroxylation is 1. The molecule has 20 heavy (non-hydrogen) atoms. The van der Waals surface area contributed by atoms with E-state index in [1.807, 2.05) is 25.1 Å². The minimum Gasteiger partial charge on any atom is -0.409 e. The zero-order valence-electron chi connectivity index (χ0n) is 11.5. The van der Waals surface area contributed by atoms with E-state index in [-0.39, 0.29) is 23.7 Å². The van der Waals surface area contributed by atoms with Gasteiger partial charge in [0, 0.05) is 11.5 Å². The van der Waals surface area contributed by atoms with Gasteiger partial charge in [-0.2, -0.15) is 0 Å². The Kier molecular flexibility index (Phi) is 4.08. The molecular weight excluding hydrogens is 254 g/mol. The molecule has 5 heteroatoms. The maximum absolute atomic E-state index is 11.8. The number of rotatable bonds is 4. The van der Waals surface area contributed by atoms with Crippen molar-refractivity contribution in [2.75, 3.05) is 0 Å². The Balaban J connectivity index is 2.21. The zero-order valence-corrected chi connectivity index (χ0v) is 11.5. The van der Waals surface area contributed by atoms with Crippen molar-refractivity contribution < 1.29 is 10.0 Å². The van der Waals surface area contributed by atoms with Gasteiger partial charge in [0.05, 0.1) is 6.04 Å². The molecule has 106 valence electrons. The molecule has 0 aromatic heterocycles. The smallest absolute Gasteiger partial charge is 0.223 e. The van der Waals surface area contributed by atoms with Crippen molar-refractivity contribution in [3.05, 3.63) is 47.5 Å². The van der Waals surface area contributed by atoms with E-state index in [0.29, 0.717) is 12.0 Å². The molecule has 1 aliphatic heterocycles. The fourth-order valence-corrected chi connectivity index (χ4v) is 2.61. The maximum atomic E-state index is 11.8. The second-order valence-corrected chi connectivity index (χ2v) is 5.08. The van der Waals surface area contributed by atoms with Gasteiger partial charge in [-0.25, -0.2) is 0 Å². The van der Waals surface area contributed by atoms with Crippen LogP contribution < -0.4 is 11.1 Å². The average Bonchev–Trinajstić information content (AvgIpc) is 2.80. The standard InChI is InChI=1S/C15H19N3O2/c1-3-4-11-8-13(17-15(11)19)10-5-6-12(9(2)7-10)14(16)18-20/h3,5-7,11,13,20H,1,4,8H2,2H3,(H2,16,18)(H,17,19)/t11-,13+/m1/s1. The molecule has 1 fully saturated rings. The van der Waals surface area contributed by atoms with Gasteiger partial charge in [0.15, 0.2) is 5.84 Å². The molecule has 1 aromatic rings. The first kappa shape index (κ1) is 14.1. The lowest BCUT2D eigenvalue weighted by molar-refractivity contribution is -0.122. The van der Waals surface area contributed by atoms with Crippen LogP contribution in [0.2, 0.25) is 0 Å². The average molecular weight is 273 g/mol. The third kappa shape index (κ3) is 2.66. The van der Waals surface area contributed by atoms with Crippen LogP contribution in [0.1, 0.15) is 35.6 Å². The quantitative estimate of drug-likeness (QED) is 0.257. The van der Waals surface area contributed by atoms with Crippen molar-refractivity contribution in [1.29, 1.82) is 0 Å². The Morgan fingerprint density at radius 1 is 1.65 bits per heavy atom. The summed E-state index contributed by atoms with van der Waals surface area (Å²) in [4.78, 5) is 11.8. The molecule has 0 unspecified atom stereocenters. The van der Waals surface area contributed by atoms with Gasteiger partial charge < -0.3 is 16.3 Å². The summed E-state index contributed by atoms with van der Waals surface area (Å²) in [6, 6.07) is 5.70. The number of amidine groups is 1. The third-order valence-electron chi connectivity index (χ3n) is 3.70. The van der Waals surface area contributed by atoms with Crippen molar-refractivity contribution >= 4 is 11.7 Å². The third-order valence-corrected chi connectivity index (χ3v) is 3.70. The number of hydrogen-bond acceptors (Lipinski definition) is 3. The van der Waals surface area contributed by atoms with E-state index in [1.165, 1.54) is 0 Å². The highest BCUT2D eigenvalue weighted by molar-refractivity contribution is 5.98. The number of benzene rings is 1. The van der Waals surface area contributed by atoms with Gasteiger partial charge in [0.2, 0.25) is 5.91 Å². The van der Waals surface area contributed by atoms with E-state index in [0.717, 1.165) is 17.5 Å². The lowest BCUT2D eigenvalue weighted by Gasteiger charge is -2.13. The Morgan fingerprint density at radius 2 is 2.40 bits per heavy atom. The number of nitrogens with zero attached hydrogens (tertiary/aromatic N) is 1. The second-order valence-electron chi connectivity index (χ2n) is 5.08. The number of hydrogen-bond donors (Lipinski definition) is 3. The van der Waals surface area contributed by atoms with E-state index < -0.39 is 0 Å². The molecule has 0 spiro atoms. The van der Waals surface area contributed by atoms with Gasteiger partial charge in [0.25, 0.3) is 0 Å². The molecule has 5 nitrogen and oxygen atoms in total. The summed E-state index contributed by atoms with van der Waals surface area (Å²) >= 11 is 0. The van der Waals surface area contributed by atoms with Gasteiger partial charge in [-0.05, 0) is 30.9 Å². The van der Waals surface area contributed by atoms with Crippen molar-refractivity contribution in [2.45, 2.75) is 25.8 Å². The number of carbonyl (C=O) groups is 1. The minimum atomic E-state index is 0.00144. The van der Waals surface area contributed by atoms with E-state index in [2.05, 4.69) is 17.1 Å². The molecule has 0 aliphatic carbocycles. The normalized spacial score (nSPS) is 22.6. The molecule has 0 radical (unpaired) electrons. The predicted octanol–water partition coefficient (Wildman–Crippen LogP) is 1.84. The van der Waals surface area contributed by atoms with Crippen molar-refractivity contribution in [1.82, 2.24) is 5.32 Å². The SMILES string of the molecule is C=CC[C@@H]1C[C@@H](c2ccc(C(N)=NO)c(C)c2)NC1=O. The topological polar surface area (TPSA) is 87.7 Å². The Bertz CT molecular complexity index is 566. The van der Waals surface area contributed by atoms with Crippen LogP contribution in [0.15, 0.2) is 36.0 Å². The molecule has 1 aromatic carbocycles. The van der Waals surface area contributed by atoms with Crippen LogP contribution in [-0.2, 0) is 4.79 Å². The molecule has 1 heterocycles. The van der Waals surface area contributed by atoms with Crippen LogP contribution in [-0.4, -0.2) is 17.0 Å². The number of carbonyl (C=O) groups excluding carboxylic acids is 1. The van der Waals surface area contributed by atoms with E-state index in [4.69, 9.17) is 10.9 Å². The summed E-state index contributed by atoms with van der Waals surface area (Å²) in [5.41, 5.74) is 8.25. The highest BCUT2D eigenvalue weighted by atomic mass is 16.4. The van der Waals surface area contributed by atoms with Gasteiger partial charge in [-0.15, -0.1) is 6.58 Å². The number of oxime groups is 1. The second kappa shape index (κ2) is 5.77. The number of nitrogens with one attached hydrogen (secondary N) is 1. The predicted molar refractivity (Wildman–Crippen MR) is 77.5 cm³/mol. The first-order chi connectivity index (χ1) is 9.56. The first-order valence-electron chi connectivity index (χ1n) is 6.56. The van der Waals surface area contributed by atoms with Crippen molar-refractivity contribution in [2.24, 2.45) is 16.8 Å². The summed E-state index contributed by atoms with van der Waals surface area (Å²) in [5.74, 6) is 0.170. The maximum Gasteiger partial charge on any atom is 0.223 e. The monoisotopic (exact) mass is 273 g/mol. The van der Waals surface area contributed by atoms with E-state index >= 15 is 0 Å². The summed E-state index contributed by atoms with van der Waals surface area (Å²) in [7, 11) is 0. The van der Waals surface area contributed by atoms with Crippen LogP contribution in [0.25, 0.3) is 0 Å². The zero-order chi connectivity index (χ0) is 14.7. The molecule has 0 bridgehead atoms. The van der Waals surface area contributed by atoms with Gasteiger partial charge in [-0.1, -0.05) is 29.4 Å². The van der Waals surface area contributed by atoms with Gasteiger partial charge in [0.1, 0.15) is 0 Å². The summed E-state index contributed by atoms with van der Waals surface area (Å²) in [6.07, 6.45) is 3.25. The molecule has 4 N–H and O–H groups in total. The molecule has 0 saturated carbocycles. The fourth-order valence-electron chi connectivity index (χ4n) is 2.61. The summed E-state index contributed by atoms with van der Waals surface area (Å²) < 4.78 is 0. The number of nitrogens with two attached hydrogens (primary N) is 1. The first-order valence-corrected chi connectivity index (χ1v) is 6.56. The molecular formula is C15H19N3O2. The van der Waals surface area contributed by atoms with Crippen molar-refractivity contribution in [3.63, 3.8) is 0 Å². The van der Waals surface area contributed by atoms with Crippen LogP contribution in [0.4, 0.5) is 0 Å². The van der Waals surface area contributed by atoms with E-state index in [1.54, 1.807) is 6.08 Å². The molecule has 2 rings (SSSR count). The summed E-state index contributed by atoms with van der Waals surface area (Å²) in [6.45, 7) is 5.58. The Labute approximate surface area is 118 Å². The van der Waals surface area contributed by atoms with Gasteiger partial charge in [-0.3, -0.25) is 4.79 Å². The highest BCUT2D eigenvalue weighted by Crippen LogP contribution is 2.30. The van der Waals surface area contributed by atoms with Gasteiger partial charge >= 0.3 is 0 Å². The Hall–Kier alpha value is -2.30.